The van der Waals surface area contributed by atoms with E-state index in [9.17, 15) is 9.59 Å². The number of rotatable bonds is 4. The van der Waals surface area contributed by atoms with Crippen LogP contribution in [0.15, 0.2) is 35.8 Å². The largest absolute Gasteiger partial charge is 0.461 e. The maximum atomic E-state index is 12.1. The predicted molar refractivity (Wildman–Crippen MR) is 84.0 cm³/mol. The summed E-state index contributed by atoms with van der Waals surface area (Å²) in [5.41, 5.74) is 3.20. The molecule has 1 aliphatic rings. The minimum atomic E-state index is -0.356. The van der Waals surface area contributed by atoms with Crippen molar-refractivity contribution in [1.82, 2.24) is 4.98 Å². The van der Waals surface area contributed by atoms with Gasteiger partial charge in [-0.05, 0) is 19.1 Å². The van der Waals surface area contributed by atoms with Crippen molar-refractivity contribution in [3.05, 3.63) is 46.4 Å². The standard InChI is InChI=1S/C16H16N2O3S/c1-11-15(22-10-17-11)16(20)21-9-12-7-14(19)18(8-12)13-5-3-2-4-6-13/h2-6,10,12H,7-9H2,1H3. The smallest absolute Gasteiger partial charge is 0.350 e. The number of hydrogen-bond donors (Lipinski definition) is 0. The van der Waals surface area contributed by atoms with E-state index >= 15 is 0 Å². The van der Waals surface area contributed by atoms with Crippen LogP contribution in [0.3, 0.4) is 0 Å². The van der Waals surface area contributed by atoms with Gasteiger partial charge in [-0.1, -0.05) is 18.2 Å². The lowest BCUT2D eigenvalue weighted by Gasteiger charge is -2.16. The van der Waals surface area contributed by atoms with Crippen LogP contribution in [0.2, 0.25) is 0 Å². The van der Waals surface area contributed by atoms with Gasteiger partial charge in [0, 0.05) is 24.6 Å². The molecule has 0 aliphatic carbocycles. The molecule has 1 fully saturated rings. The number of nitrogens with zero attached hydrogens (tertiary/aromatic N) is 2. The quantitative estimate of drug-likeness (QED) is 0.814. The van der Waals surface area contributed by atoms with Gasteiger partial charge in [0.05, 0.1) is 17.8 Å². The zero-order valence-electron chi connectivity index (χ0n) is 12.2. The van der Waals surface area contributed by atoms with Gasteiger partial charge >= 0.3 is 5.97 Å². The van der Waals surface area contributed by atoms with E-state index in [4.69, 9.17) is 4.74 Å². The number of amides is 1. The molecule has 1 aromatic carbocycles. The molecular weight excluding hydrogens is 300 g/mol. The van der Waals surface area contributed by atoms with Crippen LogP contribution in [0, 0.1) is 12.8 Å². The molecule has 1 amide bonds. The number of hydrogen-bond acceptors (Lipinski definition) is 5. The highest BCUT2D eigenvalue weighted by molar-refractivity contribution is 7.11. The topological polar surface area (TPSA) is 59.5 Å². The Kier molecular flexibility index (Phi) is 4.20. The molecule has 1 unspecified atom stereocenters. The van der Waals surface area contributed by atoms with Crippen molar-refractivity contribution in [2.24, 2.45) is 5.92 Å². The summed E-state index contributed by atoms with van der Waals surface area (Å²) in [4.78, 5) is 30.4. The zero-order chi connectivity index (χ0) is 15.5. The second-order valence-electron chi connectivity index (χ2n) is 5.28. The second kappa shape index (κ2) is 6.27. The highest BCUT2D eigenvalue weighted by atomic mass is 32.1. The van der Waals surface area contributed by atoms with Gasteiger partial charge in [0.15, 0.2) is 0 Å². The van der Waals surface area contributed by atoms with Crippen LogP contribution in [-0.2, 0) is 9.53 Å². The van der Waals surface area contributed by atoms with Gasteiger partial charge in [0.1, 0.15) is 4.88 Å². The van der Waals surface area contributed by atoms with Crippen molar-refractivity contribution >= 4 is 28.9 Å². The average Bonchev–Trinajstić information content (AvgIpc) is 3.11. The van der Waals surface area contributed by atoms with Crippen molar-refractivity contribution in [2.45, 2.75) is 13.3 Å². The van der Waals surface area contributed by atoms with E-state index in [1.54, 1.807) is 17.3 Å². The fourth-order valence-electron chi connectivity index (χ4n) is 2.51. The van der Waals surface area contributed by atoms with Crippen LogP contribution in [0.1, 0.15) is 21.8 Å². The lowest BCUT2D eigenvalue weighted by atomic mass is 10.1. The fraction of sp³-hybridized carbons (Fsp3) is 0.312. The minimum Gasteiger partial charge on any atom is -0.461 e. The van der Waals surface area contributed by atoms with E-state index in [0.29, 0.717) is 23.5 Å². The summed E-state index contributed by atoms with van der Waals surface area (Å²) < 4.78 is 5.34. The molecule has 0 spiro atoms. The maximum Gasteiger partial charge on any atom is 0.350 e. The molecule has 2 aromatic rings. The van der Waals surface area contributed by atoms with Gasteiger partial charge in [-0.15, -0.1) is 11.3 Å². The van der Waals surface area contributed by atoms with Crippen LogP contribution >= 0.6 is 11.3 Å². The average molecular weight is 316 g/mol. The number of aryl methyl sites for hydroxylation is 1. The molecular formula is C16H16N2O3S. The minimum absolute atomic E-state index is 0.0323. The van der Waals surface area contributed by atoms with Crippen LogP contribution in [0.25, 0.3) is 0 Å². The molecule has 0 saturated carbocycles. The van der Waals surface area contributed by atoms with Crippen molar-refractivity contribution in [3.63, 3.8) is 0 Å². The van der Waals surface area contributed by atoms with E-state index < -0.39 is 0 Å². The van der Waals surface area contributed by atoms with Gasteiger partial charge in [0.25, 0.3) is 0 Å². The van der Waals surface area contributed by atoms with Gasteiger partial charge in [-0.3, -0.25) is 4.79 Å². The molecule has 22 heavy (non-hydrogen) atoms. The summed E-state index contributed by atoms with van der Waals surface area (Å²) in [6.45, 7) is 2.62. The van der Waals surface area contributed by atoms with Crippen LogP contribution in [0.4, 0.5) is 5.69 Å². The normalized spacial score (nSPS) is 17.8. The summed E-state index contributed by atoms with van der Waals surface area (Å²) in [6, 6.07) is 9.55. The highest BCUT2D eigenvalue weighted by Crippen LogP contribution is 2.25. The Morgan fingerprint density at radius 2 is 2.18 bits per heavy atom. The Labute approximate surface area is 132 Å². The summed E-state index contributed by atoms with van der Waals surface area (Å²) in [5, 5.41) is 0. The molecule has 0 bridgehead atoms. The molecule has 1 aliphatic heterocycles. The molecule has 2 heterocycles. The first-order valence-electron chi connectivity index (χ1n) is 7.08. The summed E-state index contributed by atoms with van der Waals surface area (Å²) in [7, 11) is 0. The van der Waals surface area contributed by atoms with Gasteiger partial charge in [-0.25, -0.2) is 9.78 Å². The van der Waals surface area contributed by atoms with Crippen LogP contribution in [0.5, 0.6) is 0 Å². The zero-order valence-corrected chi connectivity index (χ0v) is 13.0. The monoisotopic (exact) mass is 316 g/mol. The molecule has 5 nitrogen and oxygen atoms in total. The third kappa shape index (κ3) is 3.01. The number of carbonyl (C=O) groups is 2. The number of thiazole rings is 1. The molecule has 3 rings (SSSR count). The molecule has 1 atom stereocenters. The number of esters is 1. The molecule has 0 radical (unpaired) electrons. The Morgan fingerprint density at radius 1 is 1.41 bits per heavy atom. The maximum absolute atomic E-state index is 12.1. The third-order valence-corrected chi connectivity index (χ3v) is 4.56. The lowest BCUT2D eigenvalue weighted by molar-refractivity contribution is -0.117. The Hall–Kier alpha value is -2.21. The first-order chi connectivity index (χ1) is 10.6. The SMILES string of the molecule is Cc1ncsc1C(=O)OCC1CC(=O)N(c2ccccc2)C1. The van der Waals surface area contributed by atoms with E-state index in [1.807, 2.05) is 30.3 Å². The van der Waals surface area contributed by atoms with Crippen molar-refractivity contribution in [2.75, 3.05) is 18.1 Å². The van der Waals surface area contributed by atoms with E-state index in [1.165, 1.54) is 11.3 Å². The molecule has 114 valence electrons. The van der Waals surface area contributed by atoms with Crippen LogP contribution < -0.4 is 4.90 Å². The van der Waals surface area contributed by atoms with Crippen molar-refractivity contribution < 1.29 is 14.3 Å². The van der Waals surface area contributed by atoms with E-state index in [2.05, 4.69) is 4.98 Å². The molecule has 1 saturated heterocycles. The molecule has 1 aromatic heterocycles. The summed E-state index contributed by atoms with van der Waals surface area (Å²) >= 11 is 1.28. The molecule has 0 N–H and O–H groups in total. The number of carbonyl (C=O) groups excluding carboxylic acids is 2. The van der Waals surface area contributed by atoms with Crippen molar-refractivity contribution in [3.8, 4) is 0 Å². The molecule has 6 heteroatoms. The second-order valence-corrected chi connectivity index (χ2v) is 6.13. The van der Waals surface area contributed by atoms with Crippen molar-refractivity contribution in [1.29, 1.82) is 0 Å². The first-order valence-corrected chi connectivity index (χ1v) is 7.95. The summed E-state index contributed by atoms with van der Waals surface area (Å²) in [5.74, 6) is -0.253. The lowest BCUT2D eigenvalue weighted by Crippen LogP contribution is -2.25. The number of benzene rings is 1. The predicted octanol–water partition coefficient (Wildman–Crippen LogP) is 2.66. The number of anilines is 1. The Bertz CT molecular complexity index is 684. The van der Waals surface area contributed by atoms with Crippen LogP contribution in [-0.4, -0.2) is 30.0 Å². The van der Waals surface area contributed by atoms with E-state index in [0.717, 1.165) is 5.69 Å². The number of ether oxygens (including phenoxy) is 1. The van der Waals surface area contributed by atoms with Gasteiger partial charge in [-0.2, -0.15) is 0 Å². The first kappa shape index (κ1) is 14.7. The summed E-state index contributed by atoms with van der Waals surface area (Å²) in [6.07, 6.45) is 0.407. The van der Waals surface area contributed by atoms with E-state index in [-0.39, 0.29) is 24.4 Å². The highest BCUT2D eigenvalue weighted by Gasteiger charge is 2.31. The van der Waals surface area contributed by atoms with Gasteiger partial charge < -0.3 is 9.64 Å². The number of para-hydroxylation sites is 1. The Morgan fingerprint density at radius 3 is 2.86 bits per heavy atom. The fourth-order valence-corrected chi connectivity index (χ4v) is 3.20. The third-order valence-electron chi connectivity index (χ3n) is 3.65. The number of aromatic nitrogens is 1. The van der Waals surface area contributed by atoms with Gasteiger partial charge in [0.2, 0.25) is 5.91 Å². The Balaban J connectivity index is 1.58.